The fraction of sp³-hybridized carbons (Fsp3) is 0.333. The number of aromatic nitrogens is 3. The minimum absolute atomic E-state index is 0.0789. The molecule has 0 aliphatic carbocycles. The van der Waals surface area contributed by atoms with E-state index < -0.39 is 0 Å². The van der Waals surface area contributed by atoms with Gasteiger partial charge < -0.3 is 19.9 Å². The Morgan fingerprint density at radius 2 is 1.76 bits per heavy atom. The number of anilines is 1. The monoisotopic (exact) mass is 545 g/mol. The molecule has 3 aromatic rings. The van der Waals surface area contributed by atoms with Gasteiger partial charge in [-0.3, -0.25) is 9.59 Å². The van der Waals surface area contributed by atoms with Gasteiger partial charge in [0.25, 0.3) is 5.91 Å². The van der Waals surface area contributed by atoms with Crippen molar-refractivity contribution in [1.29, 1.82) is 0 Å². The molecule has 2 aromatic carbocycles. The van der Waals surface area contributed by atoms with Gasteiger partial charge in [-0.25, -0.2) is 0 Å². The van der Waals surface area contributed by atoms with E-state index in [9.17, 15) is 9.59 Å². The molecule has 0 aliphatic rings. The minimum atomic E-state index is -0.340. The van der Waals surface area contributed by atoms with Crippen LogP contribution in [-0.2, 0) is 11.3 Å². The van der Waals surface area contributed by atoms with Gasteiger partial charge in [0.05, 0.1) is 18.9 Å². The summed E-state index contributed by atoms with van der Waals surface area (Å²) in [6.45, 7) is 6.64. The molecule has 0 bridgehead atoms. The molecule has 1 aromatic heterocycles. The summed E-state index contributed by atoms with van der Waals surface area (Å²) in [7, 11) is 1.58. The second kappa shape index (κ2) is 12.0. The van der Waals surface area contributed by atoms with E-state index in [2.05, 4.69) is 36.8 Å². The van der Waals surface area contributed by atoms with E-state index >= 15 is 0 Å². The zero-order valence-electron chi connectivity index (χ0n) is 19.5. The average Bonchev–Trinajstić information content (AvgIpc) is 3.24. The molecule has 0 fully saturated rings. The predicted octanol–water partition coefficient (Wildman–Crippen LogP) is 4.93. The molecule has 1 heterocycles. The van der Waals surface area contributed by atoms with Crippen molar-refractivity contribution < 1.29 is 14.3 Å². The van der Waals surface area contributed by atoms with Gasteiger partial charge >= 0.3 is 0 Å². The van der Waals surface area contributed by atoms with E-state index in [4.69, 9.17) is 4.74 Å². The Balaban J connectivity index is 1.69. The van der Waals surface area contributed by atoms with Crippen LogP contribution in [-0.4, -0.2) is 39.4 Å². The van der Waals surface area contributed by atoms with Crippen LogP contribution in [0.3, 0.4) is 0 Å². The average molecular weight is 546 g/mol. The van der Waals surface area contributed by atoms with Crippen LogP contribution in [0.5, 0.6) is 5.75 Å². The van der Waals surface area contributed by atoms with Crippen LogP contribution in [0.25, 0.3) is 0 Å². The van der Waals surface area contributed by atoms with Crippen molar-refractivity contribution in [2.24, 2.45) is 5.92 Å². The largest absolute Gasteiger partial charge is 0.497 e. The van der Waals surface area contributed by atoms with Crippen LogP contribution in [0.2, 0.25) is 0 Å². The van der Waals surface area contributed by atoms with Gasteiger partial charge in [0.1, 0.15) is 5.75 Å². The Morgan fingerprint density at radius 3 is 2.35 bits per heavy atom. The number of methoxy groups -OCH3 is 1. The van der Waals surface area contributed by atoms with Gasteiger partial charge in [0.15, 0.2) is 11.0 Å². The Morgan fingerprint density at radius 1 is 1.09 bits per heavy atom. The third-order valence-electron chi connectivity index (χ3n) is 5.11. The molecule has 2 amide bonds. The van der Waals surface area contributed by atoms with E-state index in [1.54, 1.807) is 31.4 Å². The minimum Gasteiger partial charge on any atom is -0.497 e. The Bertz CT molecular complexity index is 1120. The van der Waals surface area contributed by atoms with Gasteiger partial charge in [-0.05, 0) is 61.4 Å². The van der Waals surface area contributed by atoms with Crippen molar-refractivity contribution in [2.45, 2.75) is 38.5 Å². The summed E-state index contributed by atoms with van der Waals surface area (Å²) >= 11 is 4.69. The molecule has 0 aliphatic heterocycles. The molecule has 2 N–H and O–H groups in total. The number of rotatable bonds is 10. The van der Waals surface area contributed by atoms with E-state index in [0.717, 1.165) is 10.2 Å². The van der Waals surface area contributed by atoms with E-state index in [1.807, 2.05) is 49.6 Å². The lowest BCUT2D eigenvalue weighted by atomic mass is 10.0. The highest BCUT2D eigenvalue weighted by molar-refractivity contribution is 9.10. The smallest absolute Gasteiger partial charge is 0.251 e. The van der Waals surface area contributed by atoms with E-state index in [0.29, 0.717) is 28.8 Å². The zero-order chi connectivity index (χ0) is 24.7. The summed E-state index contributed by atoms with van der Waals surface area (Å²) in [5.74, 6) is 1.29. The van der Waals surface area contributed by atoms with Gasteiger partial charge in [0, 0.05) is 22.3 Å². The molecule has 1 atom stereocenters. The number of nitrogens with zero attached hydrogens (tertiary/aromatic N) is 3. The number of carbonyl (C=O) groups excluding carboxylic acids is 2. The van der Waals surface area contributed by atoms with Crippen molar-refractivity contribution in [3.63, 3.8) is 0 Å². The van der Waals surface area contributed by atoms with Crippen LogP contribution in [0.4, 0.5) is 5.69 Å². The number of amides is 2. The maximum Gasteiger partial charge on any atom is 0.251 e. The maximum absolute atomic E-state index is 12.9. The number of hydrogen-bond acceptors (Lipinski definition) is 6. The number of carbonyl (C=O) groups is 2. The quantitative estimate of drug-likeness (QED) is 0.350. The van der Waals surface area contributed by atoms with Gasteiger partial charge in [0.2, 0.25) is 5.91 Å². The summed E-state index contributed by atoms with van der Waals surface area (Å²) in [6, 6.07) is 14.0. The normalized spacial score (nSPS) is 11.8. The van der Waals surface area contributed by atoms with Crippen LogP contribution in [0.15, 0.2) is 58.2 Å². The highest BCUT2D eigenvalue weighted by Gasteiger charge is 2.26. The topological polar surface area (TPSA) is 98.1 Å². The van der Waals surface area contributed by atoms with Crippen LogP contribution in [0, 0.1) is 5.92 Å². The first-order chi connectivity index (χ1) is 16.3. The second-order valence-corrected chi connectivity index (χ2v) is 9.71. The molecular formula is C24H28BrN5O3S. The SMILES string of the molecule is CCn1c(SCC(=O)Nc2ccc(Br)cc2)nnc1C(NC(=O)c1ccc(OC)cc1)C(C)C. The molecular weight excluding hydrogens is 518 g/mol. The number of nitrogens with one attached hydrogen (secondary N) is 2. The number of ether oxygens (including phenoxy) is 1. The highest BCUT2D eigenvalue weighted by atomic mass is 79.9. The highest BCUT2D eigenvalue weighted by Crippen LogP contribution is 2.26. The number of benzene rings is 2. The van der Waals surface area contributed by atoms with Crippen LogP contribution in [0.1, 0.15) is 43.0 Å². The molecule has 3 rings (SSSR count). The first kappa shape index (κ1) is 25.8. The number of thioether (sulfide) groups is 1. The Kier molecular flexibility index (Phi) is 9.12. The Labute approximate surface area is 212 Å². The number of hydrogen-bond donors (Lipinski definition) is 2. The molecule has 0 saturated carbocycles. The van der Waals surface area contributed by atoms with Gasteiger partial charge in [-0.1, -0.05) is 41.5 Å². The second-order valence-electron chi connectivity index (χ2n) is 7.85. The van der Waals surface area contributed by atoms with Crippen molar-refractivity contribution in [3.05, 3.63) is 64.4 Å². The first-order valence-corrected chi connectivity index (χ1v) is 12.7. The standard InChI is InChI=1S/C24H28BrN5O3S/c1-5-30-22(21(15(2)3)27-23(32)16-6-12-19(33-4)13-7-16)28-29-24(30)34-14-20(31)26-18-10-8-17(25)9-11-18/h6-13,15,21H,5,14H2,1-4H3,(H,26,31)(H,27,32). The van der Waals surface area contributed by atoms with E-state index in [1.165, 1.54) is 11.8 Å². The fourth-order valence-electron chi connectivity index (χ4n) is 3.29. The molecule has 8 nitrogen and oxygen atoms in total. The molecule has 180 valence electrons. The lowest BCUT2D eigenvalue weighted by Gasteiger charge is -2.22. The summed E-state index contributed by atoms with van der Waals surface area (Å²) in [5.41, 5.74) is 1.26. The summed E-state index contributed by atoms with van der Waals surface area (Å²) in [5, 5.41) is 15.3. The maximum atomic E-state index is 12.9. The third-order valence-corrected chi connectivity index (χ3v) is 6.60. The fourth-order valence-corrected chi connectivity index (χ4v) is 4.36. The van der Waals surface area contributed by atoms with E-state index in [-0.39, 0.29) is 29.5 Å². The first-order valence-electron chi connectivity index (χ1n) is 10.9. The molecule has 0 saturated heterocycles. The lowest BCUT2D eigenvalue weighted by Crippen LogP contribution is -2.33. The number of halogens is 1. The summed E-state index contributed by atoms with van der Waals surface area (Å²) in [6.07, 6.45) is 0. The molecule has 1 unspecified atom stereocenters. The Hall–Kier alpha value is -2.85. The van der Waals surface area contributed by atoms with Crippen molar-refractivity contribution in [2.75, 3.05) is 18.2 Å². The summed E-state index contributed by atoms with van der Waals surface area (Å²) in [4.78, 5) is 25.3. The van der Waals surface area contributed by atoms with Crippen LogP contribution >= 0.6 is 27.7 Å². The van der Waals surface area contributed by atoms with Crippen molar-refractivity contribution in [3.8, 4) is 5.75 Å². The van der Waals surface area contributed by atoms with Crippen molar-refractivity contribution in [1.82, 2.24) is 20.1 Å². The molecule has 34 heavy (non-hydrogen) atoms. The van der Waals surface area contributed by atoms with Crippen LogP contribution < -0.4 is 15.4 Å². The summed E-state index contributed by atoms with van der Waals surface area (Å²) < 4.78 is 8.05. The van der Waals surface area contributed by atoms with Gasteiger partial charge in [-0.15, -0.1) is 10.2 Å². The van der Waals surface area contributed by atoms with Gasteiger partial charge in [-0.2, -0.15) is 0 Å². The third kappa shape index (κ3) is 6.60. The molecule has 10 heteroatoms. The molecule has 0 spiro atoms. The lowest BCUT2D eigenvalue weighted by molar-refractivity contribution is -0.113. The predicted molar refractivity (Wildman–Crippen MR) is 137 cm³/mol. The molecule has 0 radical (unpaired) electrons. The van der Waals surface area contributed by atoms with Crippen molar-refractivity contribution >= 4 is 45.2 Å². The zero-order valence-corrected chi connectivity index (χ0v) is 21.9.